The smallest absolute Gasteiger partial charge is 0.253 e. The Morgan fingerprint density at radius 1 is 1.16 bits per heavy atom. The van der Waals surface area contributed by atoms with Crippen molar-refractivity contribution in [1.29, 1.82) is 0 Å². The molecular formula is C23H21F2N5O. The molecule has 0 bridgehead atoms. The monoisotopic (exact) mass is 421 g/mol. The van der Waals surface area contributed by atoms with E-state index in [1.807, 2.05) is 38.1 Å². The van der Waals surface area contributed by atoms with Gasteiger partial charge in [0.1, 0.15) is 17.5 Å². The first kappa shape index (κ1) is 20.6. The van der Waals surface area contributed by atoms with Crippen LogP contribution in [0.25, 0.3) is 16.8 Å². The van der Waals surface area contributed by atoms with E-state index in [9.17, 15) is 13.6 Å². The molecule has 4 aromatic rings. The van der Waals surface area contributed by atoms with E-state index < -0.39 is 23.6 Å². The van der Waals surface area contributed by atoms with E-state index in [1.54, 1.807) is 23.6 Å². The number of pyridine rings is 2. The van der Waals surface area contributed by atoms with Gasteiger partial charge in [-0.25, -0.2) is 8.78 Å². The molecule has 1 aromatic carbocycles. The number of fused-ring (bicyclic) bond motifs is 1. The van der Waals surface area contributed by atoms with E-state index in [-0.39, 0.29) is 5.69 Å². The Morgan fingerprint density at radius 3 is 2.58 bits per heavy atom. The van der Waals surface area contributed by atoms with Crippen molar-refractivity contribution in [2.75, 3.05) is 0 Å². The molecule has 0 radical (unpaired) electrons. The van der Waals surface area contributed by atoms with Gasteiger partial charge in [-0.2, -0.15) is 0 Å². The summed E-state index contributed by atoms with van der Waals surface area (Å²) in [7, 11) is 0. The molecule has 0 aliphatic carbocycles. The second-order valence-electron chi connectivity index (χ2n) is 7.39. The van der Waals surface area contributed by atoms with E-state index in [0.29, 0.717) is 17.6 Å². The summed E-state index contributed by atoms with van der Waals surface area (Å²) >= 11 is 0. The third-order valence-corrected chi connectivity index (χ3v) is 5.11. The number of nitrogens with zero attached hydrogens (tertiary/aromatic N) is 4. The van der Waals surface area contributed by atoms with Crippen LogP contribution in [0.5, 0.6) is 0 Å². The topological polar surface area (TPSA) is 72.2 Å². The zero-order chi connectivity index (χ0) is 22.1. The molecule has 4 rings (SSSR count). The number of carbonyl (C=O) groups is 1. The summed E-state index contributed by atoms with van der Waals surface area (Å²) in [6.45, 7) is 5.55. The number of amides is 1. The second kappa shape index (κ2) is 8.22. The number of carbonyl (C=O) groups excluding carboxylic acids is 1. The van der Waals surface area contributed by atoms with Gasteiger partial charge in [0, 0.05) is 24.2 Å². The molecule has 1 amide bonds. The van der Waals surface area contributed by atoms with Crippen molar-refractivity contribution in [2.24, 2.45) is 0 Å². The van der Waals surface area contributed by atoms with Crippen molar-refractivity contribution in [3.05, 3.63) is 83.1 Å². The Labute approximate surface area is 178 Å². The predicted octanol–water partition coefficient (Wildman–Crippen LogP) is 4.43. The fourth-order valence-corrected chi connectivity index (χ4v) is 3.44. The summed E-state index contributed by atoms with van der Waals surface area (Å²) in [6, 6.07) is 9.64. The summed E-state index contributed by atoms with van der Waals surface area (Å²) in [6.07, 6.45) is 3.23. The van der Waals surface area contributed by atoms with E-state index in [2.05, 4.69) is 20.5 Å². The van der Waals surface area contributed by atoms with Crippen LogP contribution in [0.15, 0.2) is 48.8 Å². The van der Waals surface area contributed by atoms with E-state index in [0.717, 1.165) is 34.8 Å². The van der Waals surface area contributed by atoms with Gasteiger partial charge in [0.2, 0.25) is 0 Å². The van der Waals surface area contributed by atoms with Gasteiger partial charge >= 0.3 is 0 Å². The average Bonchev–Trinajstić information content (AvgIpc) is 3.16. The van der Waals surface area contributed by atoms with Crippen molar-refractivity contribution in [2.45, 2.75) is 33.2 Å². The number of halogens is 2. The molecule has 0 saturated heterocycles. The van der Waals surface area contributed by atoms with Crippen LogP contribution in [0.1, 0.15) is 47.3 Å². The first-order valence-corrected chi connectivity index (χ1v) is 9.94. The van der Waals surface area contributed by atoms with Crippen molar-refractivity contribution in [1.82, 2.24) is 24.9 Å². The highest BCUT2D eigenvalue weighted by Crippen LogP contribution is 2.26. The molecule has 1 N–H and O–H groups in total. The van der Waals surface area contributed by atoms with Crippen molar-refractivity contribution in [3.63, 3.8) is 0 Å². The van der Waals surface area contributed by atoms with Crippen molar-refractivity contribution < 1.29 is 13.6 Å². The number of benzene rings is 1. The number of rotatable bonds is 5. The maximum Gasteiger partial charge on any atom is 0.253 e. The fraction of sp³-hybridized carbons (Fsp3) is 0.217. The number of aryl methyl sites for hydroxylation is 2. The first-order valence-electron chi connectivity index (χ1n) is 9.94. The highest BCUT2D eigenvalue weighted by Gasteiger charge is 2.20. The molecule has 8 heteroatoms. The number of aromatic nitrogens is 4. The number of nitrogens with one attached hydrogen (secondary N) is 1. The Morgan fingerprint density at radius 2 is 1.90 bits per heavy atom. The van der Waals surface area contributed by atoms with Crippen LogP contribution in [0, 0.1) is 18.6 Å². The zero-order valence-corrected chi connectivity index (χ0v) is 17.4. The van der Waals surface area contributed by atoms with Crippen LogP contribution in [-0.2, 0) is 6.42 Å². The SMILES string of the molecule is CCc1nnc2c(-c3ccc(C)cc3)cc(C(=O)N[C@H](C)c3ncc(F)cc3F)cn12. The molecule has 31 heavy (non-hydrogen) atoms. The van der Waals surface area contributed by atoms with Gasteiger partial charge in [-0.05, 0) is 25.5 Å². The molecule has 0 saturated carbocycles. The lowest BCUT2D eigenvalue weighted by Gasteiger charge is -2.15. The van der Waals surface area contributed by atoms with Gasteiger partial charge in [-0.1, -0.05) is 36.8 Å². The van der Waals surface area contributed by atoms with Gasteiger partial charge in [0.15, 0.2) is 5.65 Å². The number of hydrogen-bond acceptors (Lipinski definition) is 4. The lowest BCUT2D eigenvalue weighted by atomic mass is 10.0. The molecule has 3 aromatic heterocycles. The maximum atomic E-state index is 14.1. The van der Waals surface area contributed by atoms with Gasteiger partial charge in [0.05, 0.1) is 23.5 Å². The zero-order valence-electron chi connectivity index (χ0n) is 17.4. The Bertz CT molecular complexity index is 1270. The molecule has 1 atom stereocenters. The standard InChI is InChI=1S/C23H21F2N5O/c1-4-20-28-29-22-18(15-7-5-13(2)6-8-15)9-16(12-30(20)22)23(31)27-14(3)21-19(25)10-17(24)11-26-21/h5-12,14H,4H2,1-3H3,(H,27,31)/t14-/m1/s1. The van der Waals surface area contributed by atoms with Crippen molar-refractivity contribution in [3.8, 4) is 11.1 Å². The third kappa shape index (κ3) is 4.01. The van der Waals surface area contributed by atoms with Gasteiger partial charge in [-0.3, -0.25) is 14.2 Å². The minimum Gasteiger partial charge on any atom is -0.344 e. The van der Waals surface area contributed by atoms with Crippen LogP contribution in [0.2, 0.25) is 0 Å². The summed E-state index contributed by atoms with van der Waals surface area (Å²) in [5, 5.41) is 11.3. The Kier molecular flexibility index (Phi) is 5.46. The maximum absolute atomic E-state index is 14.1. The minimum absolute atomic E-state index is 0.0341. The summed E-state index contributed by atoms with van der Waals surface area (Å²) in [5.74, 6) is -1.27. The Hall–Kier alpha value is -3.68. The average molecular weight is 421 g/mol. The lowest BCUT2D eigenvalue weighted by Crippen LogP contribution is -2.28. The summed E-state index contributed by atoms with van der Waals surface area (Å²) in [5.41, 5.74) is 3.77. The quantitative estimate of drug-likeness (QED) is 0.517. The van der Waals surface area contributed by atoms with Crippen LogP contribution in [0.3, 0.4) is 0 Å². The van der Waals surface area contributed by atoms with E-state index >= 15 is 0 Å². The molecule has 158 valence electrons. The molecule has 0 aliphatic heterocycles. The van der Waals surface area contributed by atoms with Crippen LogP contribution < -0.4 is 5.32 Å². The van der Waals surface area contributed by atoms with Crippen LogP contribution in [0.4, 0.5) is 8.78 Å². The van der Waals surface area contributed by atoms with Crippen LogP contribution in [-0.4, -0.2) is 25.5 Å². The first-order chi connectivity index (χ1) is 14.9. The van der Waals surface area contributed by atoms with Gasteiger partial charge in [0.25, 0.3) is 5.91 Å². The van der Waals surface area contributed by atoms with Gasteiger partial charge in [-0.15, -0.1) is 10.2 Å². The molecule has 0 spiro atoms. The molecule has 0 unspecified atom stereocenters. The molecule has 3 heterocycles. The lowest BCUT2D eigenvalue weighted by molar-refractivity contribution is 0.0938. The third-order valence-electron chi connectivity index (χ3n) is 5.11. The Balaban J connectivity index is 1.74. The van der Waals surface area contributed by atoms with Crippen molar-refractivity contribution >= 4 is 11.6 Å². The van der Waals surface area contributed by atoms with Gasteiger partial charge < -0.3 is 5.32 Å². The summed E-state index contributed by atoms with van der Waals surface area (Å²) < 4.78 is 29.0. The van der Waals surface area contributed by atoms with Crippen LogP contribution >= 0.6 is 0 Å². The van der Waals surface area contributed by atoms with E-state index in [4.69, 9.17) is 0 Å². The highest BCUT2D eigenvalue weighted by atomic mass is 19.1. The normalized spacial score (nSPS) is 12.2. The fourth-order valence-electron chi connectivity index (χ4n) is 3.44. The summed E-state index contributed by atoms with van der Waals surface area (Å²) in [4.78, 5) is 16.8. The minimum atomic E-state index is -0.810. The second-order valence-corrected chi connectivity index (χ2v) is 7.39. The van der Waals surface area contributed by atoms with E-state index in [1.165, 1.54) is 0 Å². The largest absolute Gasteiger partial charge is 0.344 e. The molecule has 0 fully saturated rings. The highest BCUT2D eigenvalue weighted by molar-refractivity contribution is 5.97. The number of hydrogen-bond donors (Lipinski definition) is 1. The molecule has 6 nitrogen and oxygen atoms in total. The predicted molar refractivity (Wildman–Crippen MR) is 113 cm³/mol. The molecule has 0 aliphatic rings. The molecular weight excluding hydrogens is 400 g/mol.